The van der Waals surface area contributed by atoms with Gasteiger partial charge in [0.05, 0.1) is 17.9 Å². The van der Waals surface area contributed by atoms with Crippen LogP contribution in [-0.4, -0.2) is 24.3 Å². The number of hydrogen-bond donors (Lipinski definition) is 2. The molecular weight excluding hydrogens is 282 g/mol. The van der Waals surface area contributed by atoms with Gasteiger partial charge in [0.1, 0.15) is 12.4 Å². The summed E-state index contributed by atoms with van der Waals surface area (Å²) in [6.07, 6.45) is 0.528. The van der Waals surface area contributed by atoms with E-state index in [1.807, 2.05) is 30.3 Å². The lowest BCUT2D eigenvalue weighted by Gasteiger charge is -2.10. The van der Waals surface area contributed by atoms with Crippen molar-refractivity contribution in [1.29, 1.82) is 0 Å². The molecule has 5 heteroatoms. The van der Waals surface area contributed by atoms with E-state index < -0.39 is 5.97 Å². The highest BCUT2D eigenvalue weighted by molar-refractivity contribution is 5.91. The third kappa shape index (κ3) is 4.49. The number of benzene rings is 2. The van der Waals surface area contributed by atoms with E-state index in [0.717, 1.165) is 5.56 Å². The number of nitrogens with two attached hydrogens (primary N) is 1. The first-order valence-corrected chi connectivity index (χ1v) is 7.05. The van der Waals surface area contributed by atoms with Crippen LogP contribution in [-0.2, 0) is 11.3 Å². The predicted molar refractivity (Wildman–Crippen MR) is 83.6 cm³/mol. The molecule has 0 atom stereocenters. The Morgan fingerprint density at radius 1 is 1.14 bits per heavy atom. The molecule has 116 valence electrons. The van der Waals surface area contributed by atoms with E-state index >= 15 is 0 Å². The highest BCUT2D eigenvalue weighted by atomic mass is 16.5. The van der Waals surface area contributed by atoms with Crippen molar-refractivity contribution >= 4 is 11.7 Å². The monoisotopic (exact) mass is 301 g/mol. The highest BCUT2D eigenvalue weighted by Gasteiger charge is 2.10. The quantitative estimate of drug-likeness (QED) is 0.466. The number of aliphatic hydroxyl groups is 1. The van der Waals surface area contributed by atoms with Crippen molar-refractivity contribution in [3.63, 3.8) is 0 Å². The predicted octanol–water partition coefficient (Wildman–Crippen LogP) is 2.39. The highest BCUT2D eigenvalue weighted by Crippen LogP contribution is 2.23. The van der Waals surface area contributed by atoms with Crippen LogP contribution in [0.5, 0.6) is 5.75 Å². The summed E-state index contributed by atoms with van der Waals surface area (Å²) in [6.45, 7) is 0.649. The van der Waals surface area contributed by atoms with E-state index in [0.29, 0.717) is 30.0 Å². The maximum absolute atomic E-state index is 12.0. The molecule has 0 aliphatic heterocycles. The Bertz CT molecular complexity index is 613. The summed E-state index contributed by atoms with van der Waals surface area (Å²) in [5.74, 6) is 0.0607. The molecule has 2 rings (SSSR count). The van der Waals surface area contributed by atoms with E-state index in [1.165, 1.54) is 6.07 Å². The van der Waals surface area contributed by atoms with Gasteiger partial charge in [-0.2, -0.15) is 0 Å². The van der Waals surface area contributed by atoms with Crippen LogP contribution in [0.4, 0.5) is 5.69 Å². The van der Waals surface area contributed by atoms with Crippen molar-refractivity contribution in [2.75, 3.05) is 18.9 Å². The summed E-state index contributed by atoms with van der Waals surface area (Å²) in [6, 6.07) is 14.2. The molecular formula is C17H19NO4. The minimum atomic E-state index is -0.433. The summed E-state index contributed by atoms with van der Waals surface area (Å²) in [5, 5.41) is 8.71. The SMILES string of the molecule is Nc1cc(C(=O)OCc2ccccc2)ccc1OCCCO. The van der Waals surface area contributed by atoms with Crippen molar-refractivity contribution < 1.29 is 19.4 Å². The Hall–Kier alpha value is -2.53. The first-order chi connectivity index (χ1) is 10.7. The Morgan fingerprint density at radius 2 is 1.91 bits per heavy atom. The van der Waals surface area contributed by atoms with Gasteiger partial charge in [0.15, 0.2) is 0 Å². The third-order valence-corrected chi connectivity index (χ3v) is 3.02. The molecule has 0 heterocycles. The van der Waals surface area contributed by atoms with Gasteiger partial charge in [0, 0.05) is 13.0 Å². The van der Waals surface area contributed by atoms with Gasteiger partial charge in [-0.15, -0.1) is 0 Å². The average molecular weight is 301 g/mol. The van der Waals surface area contributed by atoms with Crippen LogP contribution in [0.3, 0.4) is 0 Å². The summed E-state index contributed by atoms with van der Waals surface area (Å²) < 4.78 is 10.6. The molecule has 2 aromatic carbocycles. The summed E-state index contributed by atoms with van der Waals surface area (Å²) in [5.41, 5.74) is 7.52. The maximum Gasteiger partial charge on any atom is 0.338 e. The minimum Gasteiger partial charge on any atom is -0.491 e. The lowest BCUT2D eigenvalue weighted by molar-refractivity contribution is 0.0473. The summed E-state index contributed by atoms with van der Waals surface area (Å²) >= 11 is 0. The van der Waals surface area contributed by atoms with Gasteiger partial charge in [-0.1, -0.05) is 30.3 Å². The molecule has 0 unspecified atom stereocenters. The van der Waals surface area contributed by atoms with Crippen LogP contribution < -0.4 is 10.5 Å². The number of nitrogen functional groups attached to an aromatic ring is 1. The van der Waals surface area contributed by atoms with Crippen molar-refractivity contribution in [2.24, 2.45) is 0 Å². The lowest BCUT2D eigenvalue weighted by Crippen LogP contribution is -2.07. The Balaban J connectivity index is 1.94. The molecule has 22 heavy (non-hydrogen) atoms. The van der Waals surface area contributed by atoms with Crippen LogP contribution >= 0.6 is 0 Å². The molecule has 0 saturated heterocycles. The molecule has 5 nitrogen and oxygen atoms in total. The van der Waals surface area contributed by atoms with Crippen LogP contribution in [0, 0.1) is 0 Å². The fourth-order valence-corrected chi connectivity index (χ4v) is 1.86. The van der Waals surface area contributed by atoms with E-state index in [2.05, 4.69) is 0 Å². The van der Waals surface area contributed by atoms with Crippen molar-refractivity contribution in [2.45, 2.75) is 13.0 Å². The topological polar surface area (TPSA) is 81.8 Å². The second kappa shape index (κ2) is 8.05. The molecule has 0 radical (unpaired) electrons. The Kier molecular flexibility index (Phi) is 5.80. The van der Waals surface area contributed by atoms with Crippen molar-refractivity contribution in [1.82, 2.24) is 0 Å². The Morgan fingerprint density at radius 3 is 2.59 bits per heavy atom. The minimum absolute atomic E-state index is 0.0593. The van der Waals surface area contributed by atoms with Gasteiger partial charge in [-0.05, 0) is 23.8 Å². The molecule has 0 aliphatic rings. The van der Waals surface area contributed by atoms with E-state index in [4.69, 9.17) is 20.3 Å². The largest absolute Gasteiger partial charge is 0.491 e. The number of aliphatic hydroxyl groups excluding tert-OH is 1. The molecule has 0 saturated carbocycles. The number of hydrogen-bond acceptors (Lipinski definition) is 5. The van der Waals surface area contributed by atoms with Gasteiger partial charge in [0.2, 0.25) is 0 Å². The lowest BCUT2D eigenvalue weighted by atomic mass is 10.2. The number of rotatable bonds is 7. The fraction of sp³-hybridized carbons (Fsp3) is 0.235. The smallest absolute Gasteiger partial charge is 0.338 e. The van der Waals surface area contributed by atoms with Gasteiger partial charge >= 0.3 is 5.97 Å². The summed E-state index contributed by atoms with van der Waals surface area (Å²) in [7, 11) is 0. The number of carbonyl (C=O) groups excluding carboxylic acids is 1. The zero-order chi connectivity index (χ0) is 15.8. The molecule has 0 fully saturated rings. The van der Waals surface area contributed by atoms with Crippen LogP contribution in [0.25, 0.3) is 0 Å². The van der Waals surface area contributed by atoms with E-state index in [9.17, 15) is 4.79 Å². The van der Waals surface area contributed by atoms with Gasteiger partial charge in [-0.25, -0.2) is 4.79 Å². The number of anilines is 1. The molecule has 0 bridgehead atoms. The molecule has 0 aliphatic carbocycles. The van der Waals surface area contributed by atoms with Crippen LogP contribution in [0.1, 0.15) is 22.3 Å². The average Bonchev–Trinajstić information content (AvgIpc) is 2.55. The van der Waals surface area contributed by atoms with Gasteiger partial charge < -0.3 is 20.3 Å². The maximum atomic E-state index is 12.0. The number of carbonyl (C=O) groups is 1. The molecule has 3 N–H and O–H groups in total. The zero-order valence-corrected chi connectivity index (χ0v) is 12.2. The Labute approximate surface area is 129 Å². The third-order valence-electron chi connectivity index (χ3n) is 3.02. The second-order valence-electron chi connectivity index (χ2n) is 4.74. The van der Waals surface area contributed by atoms with Crippen molar-refractivity contribution in [3.05, 3.63) is 59.7 Å². The summed E-state index contributed by atoms with van der Waals surface area (Å²) in [4.78, 5) is 12.0. The number of ether oxygens (including phenoxy) is 2. The molecule has 0 spiro atoms. The van der Waals surface area contributed by atoms with Crippen molar-refractivity contribution in [3.8, 4) is 5.75 Å². The molecule has 2 aromatic rings. The zero-order valence-electron chi connectivity index (χ0n) is 12.2. The number of esters is 1. The van der Waals surface area contributed by atoms with E-state index in [-0.39, 0.29) is 13.2 Å². The standard InChI is InChI=1S/C17H19NO4/c18-15-11-14(7-8-16(15)21-10-4-9-19)17(20)22-12-13-5-2-1-3-6-13/h1-3,5-8,11,19H,4,9-10,12,18H2. The second-order valence-corrected chi connectivity index (χ2v) is 4.74. The molecule has 0 aromatic heterocycles. The van der Waals surface area contributed by atoms with Gasteiger partial charge in [0.25, 0.3) is 0 Å². The first-order valence-electron chi connectivity index (χ1n) is 7.05. The van der Waals surface area contributed by atoms with Gasteiger partial charge in [-0.3, -0.25) is 0 Å². The normalized spacial score (nSPS) is 10.2. The first kappa shape index (κ1) is 15.9. The van der Waals surface area contributed by atoms with Crippen LogP contribution in [0.2, 0.25) is 0 Å². The fourth-order valence-electron chi connectivity index (χ4n) is 1.86. The molecule has 0 amide bonds. The van der Waals surface area contributed by atoms with Crippen LogP contribution in [0.15, 0.2) is 48.5 Å². The van der Waals surface area contributed by atoms with E-state index in [1.54, 1.807) is 12.1 Å².